The molecule has 0 radical (unpaired) electrons. The smallest absolute Gasteiger partial charge is 0.263 e. The Kier molecular flexibility index (Phi) is 1.48. The van der Waals surface area contributed by atoms with Gasteiger partial charge in [0.15, 0.2) is 5.69 Å². The van der Waals surface area contributed by atoms with Crippen molar-refractivity contribution in [1.82, 2.24) is 4.98 Å². The summed E-state index contributed by atoms with van der Waals surface area (Å²) in [6, 6.07) is 7.76. The first-order valence-corrected chi connectivity index (χ1v) is 4.63. The minimum Gasteiger partial charge on any atom is -0.263 e. The first-order valence-electron chi connectivity index (χ1n) is 4.63. The monoisotopic (exact) mass is 197 g/mol. The fraction of sp³-hybridized carbons (Fsp3) is 0.0909. The number of carbonyl (C=O) groups is 1. The molecule has 1 aromatic carbocycles. The molecular weight excluding hydrogens is 190 g/mol. The van der Waals surface area contributed by atoms with Gasteiger partial charge >= 0.3 is 5.91 Å². The average Bonchev–Trinajstić information content (AvgIpc) is 2.62. The van der Waals surface area contributed by atoms with Crippen molar-refractivity contribution in [3.8, 4) is 0 Å². The van der Waals surface area contributed by atoms with Crippen molar-refractivity contribution in [3.63, 3.8) is 0 Å². The average molecular weight is 197 g/mol. The zero-order chi connectivity index (χ0) is 10.4. The second-order valence-electron chi connectivity index (χ2n) is 3.45. The molecule has 4 heteroatoms. The molecule has 72 valence electrons. The first-order chi connectivity index (χ1) is 7.27. The number of aromatic nitrogens is 1. The molecule has 0 saturated carbocycles. The molecule has 4 nitrogen and oxygen atoms in total. The third-order valence-corrected chi connectivity index (χ3v) is 2.52. The first kappa shape index (κ1) is 8.23. The lowest BCUT2D eigenvalue weighted by Gasteiger charge is -2.03. The van der Waals surface area contributed by atoms with Crippen LogP contribution in [-0.4, -0.2) is 10.9 Å². The summed E-state index contributed by atoms with van der Waals surface area (Å²) in [4.78, 5) is 15.6. The van der Waals surface area contributed by atoms with Gasteiger partial charge in [0.05, 0.1) is 0 Å². The lowest BCUT2D eigenvalue weighted by molar-refractivity contribution is 0.0998. The summed E-state index contributed by atoms with van der Waals surface area (Å²) >= 11 is 0. The summed E-state index contributed by atoms with van der Waals surface area (Å²) in [5.74, 6) is -0.348. The molecule has 1 amide bonds. The SMILES string of the molecule is Cc1nc2c(c3ccccc13)N=NC2=O. The molecule has 0 spiro atoms. The fourth-order valence-corrected chi connectivity index (χ4v) is 1.81. The molecular formula is C11H7N3O. The number of rotatable bonds is 0. The van der Waals surface area contributed by atoms with Crippen LogP contribution in [0.25, 0.3) is 10.8 Å². The summed E-state index contributed by atoms with van der Waals surface area (Å²) in [6.45, 7) is 1.88. The van der Waals surface area contributed by atoms with Crippen molar-refractivity contribution in [2.75, 3.05) is 0 Å². The second-order valence-corrected chi connectivity index (χ2v) is 3.45. The number of nitrogens with zero attached hydrogens (tertiary/aromatic N) is 3. The summed E-state index contributed by atoms with van der Waals surface area (Å²) in [5, 5.41) is 9.34. The number of carbonyl (C=O) groups excluding carboxylic acids is 1. The molecule has 2 heterocycles. The normalized spacial score (nSPS) is 13.5. The molecule has 0 saturated heterocycles. The molecule has 1 aliphatic rings. The number of amides is 1. The summed E-state index contributed by atoms with van der Waals surface area (Å²) in [5.41, 5.74) is 1.80. The highest BCUT2D eigenvalue weighted by molar-refractivity contribution is 6.08. The molecule has 2 aromatic rings. The largest absolute Gasteiger partial charge is 0.316 e. The Morgan fingerprint density at radius 2 is 1.80 bits per heavy atom. The van der Waals surface area contributed by atoms with E-state index in [2.05, 4.69) is 15.2 Å². The van der Waals surface area contributed by atoms with Crippen LogP contribution in [0.2, 0.25) is 0 Å². The van der Waals surface area contributed by atoms with Gasteiger partial charge in [-0.05, 0) is 6.92 Å². The Morgan fingerprint density at radius 1 is 1.07 bits per heavy atom. The van der Waals surface area contributed by atoms with Gasteiger partial charge < -0.3 is 0 Å². The Bertz CT molecular complexity index is 617. The van der Waals surface area contributed by atoms with Crippen LogP contribution in [0.1, 0.15) is 16.2 Å². The van der Waals surface area contributed by atoms with Crippen molar-refractivity contribution in [2.45, 2.75) is 6.92 Å². The lowest BCUT2D eigenvalue weighted by atomic mass is 10.1. The Morgan fingerprint density at radius 3 is 2.60 bits per heavy atom. The van der Waals surface area contributed by atoms with Crippen LogP contribution in [0.5, 0.6) is 0 Å². The number of aryl methyl sites for hydroxylation is 1. The molecule has 3 rings (SSSR count). The highest BCUT2D eigenvalue weighted by atomic mass is 16.2. The summed E-state index contributed by atoms with van der Waals surface area (Å²) < 4.78 is 0. The molecule has 1 aliphatic heterocycles. The van der Waals surface area contributed by atoms with Crippen LogP contribution >= 0.6 is 0 Å². The van der Waals surface area contributed by atoms with E-state index in [0.29, 0.717) is 11.4 Å². The third-order valence-electron chi connectivity index (χ3n) is 2.52. The number of azo groups is 1. The van der Waals surface area contributed by atoms with Crippen LogP contribution in [0, 0.1) is 6.92 Å². The predicted octanol–water partition coefficient (Wildman–Crippen LogP) is 2.78. The third kappa shape index (κ3) is 1.01. The van der Waals surface area contributed by atoms with Gasteiger partial charge in [-0.2, -0.15) is 0 Å². The van der Waals surface area contributed by atoms with Gasteiger partial charge in [-0.3, -0.25) is 4.79 Å². The summed E-state index contributed by atoms with van der Waals surface area (Å²) in [7, 11) is 0. The molecule has 1 aromatic heterocycles. The molecule has 0 bridgehead atoms. The second kappa shape index (κ2) is 2.70. The highest BCUT2D eigenvalue weighted by Crippen LogP contribution is 2.34. The minimum atomic E-state index is -0.348. The Labute approximate surface area is 85.7 Å². The van der Waals surface area contributed by atoms with Gasteiger partial charge in [0.2, 0.25) is 0 Å². The molecule has 0 N–H and O–H groups in total. The van der Waals surface area contributed by atoms with E-state index in [9.17, 15) is 4.79 Å². The molecule has 15 heavy (non-hydrogen) atoms. The number of hydrogen-bond acceptors (Lipinski definition) is 3. The number of fused-ring (bicyclic) bond motifs is 3. The number of hydrogen-bond donors (Lipinski definition) is 0. The molecule has 0 fully saturated rings. The van der Waals surface area contributed by atoms with E-state index < -0.39 is 0 Å². The van der Waals surface area contributed by atoms with E-state index in [1.165, 1.54) is 0 Å². The predicted molar refractivity (Wildman–Crippen MR) is 55.3 cm³/mol. The quantitative estimate of drug-likeness (QED) is 0.652. The maximum absolute atomic E-state index is 11.3. The van der Waals surface area contributed by atoms with Crippen LogP contribution in [0.15, 0.2) is 34.5 Å². The van der Waals surface area contributed by atoms with Crippen molar-refractivity contribution in [3.05, 3.63) is 35.7 Å². The highest BCUT2D eigenvalue weighted by Gasteiger charge is 2.22. The van der Waals surface area contributed by atoms with Crippen LogP contribution in [0.4, 0.5) is 5.69 Å². The van der Waals surface area contributed by atoms with Crippen LogP contribution < -0.4 is 0 Å². The van der Waals surface area contributed by atoms with Crippen molar-refractivity contribution >= 4 is 22.4 Å². The van der Waals surface area contributed by atoms with Crippen LogP contribution in [-0.2, 0) is 0 Å². The van der Waals surface area contributed by atoms with Crippen molar-refractivity contribution in [2.24, 2.45) is 10.2 Å². The van der Waals surface area contributed by atoms with E-state index in [-0.39, 0.29) is 5.91 Å². The fourth-order valence-electron chi connectivity index (χ4n) is 1.81. The lowest BCUT2D eigenvalue weighted by Crippen LogP contribution is -1.96. The van der Waals surface area contributed by atoms with E-state index in [1.54, 1.807) is 0 Å². The zero-order valence-corrected chi connectivity index (χ0v) is 8.06. The standard InChI is InChI=1S/C11H7N3O/c1-6-7-4-2-3-5-8(7)9-10(12-6)11(15)14-13-9/h2-5H,1H3. The summed E-state index contributed by atoms with van der Waals surface area (Å²) in [6.07, 6.45) is 0. The van der Waals surface area contributed by atoms with E-state index in [1.807, 2.05) is 31.2 Å². The van der Waals surface area contributed by atoms with Crippen LogP contribution in [0.3, 0.4) is 0 Å². The van der Waals surface area contributed by atoms with Gasteiger partial charge in [0.1, 0.15) is 5.69 Å². The molecule has 0 unspecified atom stereocenters. The minimum absolute atomic E-state index is 0.348. The topological polar surface area (TPSA) is 54.7 Å². The van der Waals surface area contributed by atoms with E-state index in [4.69, 9.17) is 0 Å². The molecule has 0 atom stereocenters. The van der Waals surface area contributed by atoms with Gasteiger partial charge in [-0.25, -0.2) is 4.98 Å². The maximum atomic E-state index is 11.3. The number of benzene rings is 1. The number of pyridine rings is 1. The van der Waals surface area contributed by atoms with Crippen molar-refractivity contribution < 1.29 is 4.79 Å². The molecule has 0 aliphatic carbocycles. The Balaban J connectivity index is 2.53. The van der Waals surface area contributed by atoms with Gasteiger partial charge in [-0.1, -0.05) is 24.3 Å². The van der Waals surface area contributed by atoms with Gasteiger partial charge in [-0.15, -0.1) is 10.2 Å². The van der Waals surface area contributed by atoms with Crippen molar-refractivity contribution in [1.29, 1.82) is 0 Å². The zero-order valence-electron chi connectivity index (χ0n) is 8.06. The van der Waals surface area contributed by atoms with E-state index >= 15 is 0 Å². The van der Waals surface area contributed by atoms with E-state index in [0.717, 1.165) is 16.5 Å². The maximum Gasteiger partial charge on any atom is 0.316 e. The Hall–Kier alpha value is -2.10. The van der Waals surface area contributed by atoms with Gasteiger partial charge in [0, 0.05) is 16.5 Å². The van der Waals surface area contributed by atoms with Gasteiger partial charge in [0.25, 0.3) is 0 Å².